The molecule has 4 rings (SSSR count). The van der Waals surface area contributed by atoms with Crippen LogP contribution in [0.15, 0.2) is 18.2 Å². The molecule has 3 aliphatic rings. The molecule has 0 radical (unpaired) electrons. The Bertz CT molecular complexity index is 708. The summed E-state index contributed by atoms with van der Waals surface area (Å²) in [6.07, 6.45) is 3.35. The monoisotopic (exact) mass is 357 g/mol. The van der Waals surface area contributed by atoms with Crippen LogP contribution in [0.2, 0.25) is 0 Å². The van der Waals surface area contributed by atoms with Crippen molar-refractivity contribution >= 4 is 17.5 Å². The number of anilines is 1. The highest BCUT2D eigenvalue weighted by Gasteiger charge is 2.44. The van der Waals surface area contributed by atoms with E-state index in [0.717, 1.165) is 50.3 Å². The van der Waals surface area contributed by atoms with Crippen molar-refractivity contribution in [1.29, 1.82) is 0 Å². The number of morpholine rings is 1. The Balaban J connectivity index is 1.55. The van der Waals surface area contributed by atoms with E-state index in [2.05, 4.69) is 10.2 Å². The first kappa shape index (κ1) is 17.5. The second kappa shape index (κ2) is 7.00. The van der Waals surface area contributed by atoms with Crippen LogP contribution >= 0.6 is 0 Å². The maximum absolute atomic E-state index is 12.8. The fourth-order valence-corrected chi connectivity index (χ4v) is 4.29. The number of benzene rings is 1. The summed E-state index contributed by atoms with van der Waals surface area (Å²) in [5.74, 6) is 0.0881. The number of ether oxygens (including phenoxy) is 1. The van der Waals surface area contributed by atoms with Gasteiger partial charge >= 0.3 is 0 Å². The van der Waals surface area contributed by atoms with E-state index >= 15 is 0 Å². The SMILES string of the molecule is CC1(CN2CCOCC2)C(=O)Nc2cc(C(=O)N3CCCCC3)ccc21. The van der Waals surface area contributed by atoms with Crippen LogP contribution in [0.4, 0.5) is 5.69 Å². The molecule has 1 aromatic rings. The normalized spacial score (nSPS) is 26.5. The van der Waals surface area contributed by atoms with Crippen LogP contribution in [0, 0.1) is 0 Å². The minimum Gasteiger partial charge on any atom is -0.379 e. The summed E-state index contributed by atoms with van der Waals surface area (Å²) in [7, 11) is 0. The van der Waals surface area contributed by atoms with Gasteiger partial charge < -0.3 is 15.0 Å². The standard InChI is InChI=1S/C20H27N3O3/c1-20(14-22-9-11-26-12-10-22)16-6-5-15(13-17(16)21-19(20)25)18(24)23-7-3-2-4-8-23/h5-6,13H,2-4,7-12,14H2,1H3,(H,21,25). The molecule has 3 aliphatic heterocycles. The van der Waals surface area contributed by atoms with Crippen LogP contribution < -0.4 is 5.32 Å². The number of nitrogens with one attached hydrogen (secondary N) is 1. The lowest BCUT2D eigenvalue weighted by Gasteiger charge is -2.33. The number of carbonyl (C=O) groups is 2. The Hall–Kier alpha value is -1.92. The van der Waals surface area contributed by atoms with Crippen molar-refractivity contribution in [3.8, 4) is 0 Å². The number of likely N-dealkylation sites (tertiary alicyclic amines) is 1. The zero-order valence-corrected chi connectivity index (χ0v) is 15.4. The van der Waals surface area contributed by atoms with Crippen molar-refractivity contribution < 1.29 is 14.3 Å². The van der Waals surface area contributed by atoms with Gasteiger partial charge in [-0.3, -0.25) is 14.5 Å². The van der Waals surface area contributed by atoms with Crippen molar-refractivity contribution in [3.63, 3.8) is 0 Å². The van der Waals surface area contributed by atoms with Gasteiger partial charge in [-0.05, 0) is 43.9 Å². The number of rotatable bonds is 3. The fourth-order valence-electron chi connectivity index (χ4n) is 4.29. The molecule has 1 aromatic carbocycles. The lowest BCUT2D eigenvalue weighted by molar-refractivity contribution is -0.121. The highest BCUT2D eigenvalue weighted by Crippen LogP contribution is 2.39. The molecule has 6 heteroatoms. The Morgan fingerprint density at radius 1 is 1.15 bits per heavy atom. The minimum atomic E-state index is -0.584. The second-order valence-corrected chi connectivity index (χ2v) is 7.79. The van der Waals surface area contributed by atoms with Gasteiger partial charge in [0.1, 0.15) is 0 Å². The molecule has 26 heavy (non-hydrogen) atoms. The topological polar surface area (TPSA) is 61.9 Å². The zero-order chi connectivity index (χ0) is 18.1. The summed E-state index contributed by atoms with van der Waals surface area (Å²) in [6, 6.07) is 5.70. The predicted molar refractivity (Wildman–Crippen MR) is 99.4 cm³/mol. The van der Waals surface area contributed by atoms with Gasteiger partial charge in [-0.25, -0.2) is 0 Å². The summed E-state index contributed by atoms with van der Waals surface area (Å²) in [5.41, 5.74) is 1.86. The fraction of sp³-hybridized carbons (Fsp3) is 0.600. The van der Waals surface area contributed by atoms with E-state index in [-0.39, 0.29) is 11.8 Å². The summed E-state index contributed by atoms with van der Waals surface area (Å²) in [6.45, 7) is 7.47. The van der Waals surface area contributed by atoms with Gasteiger partial charge in [-0.15, -0.1) is 0 Å². The zero-order valence-electron chi connectivity index (χ0n) is 15.4. The van der Waals surface area contributed by atoms with Gasteiger partial charge in [-0.1, -0.05) is 6.07 Å². The van der Waals surface area contributed by atoms with Crippen molar-refractivity contribution in [2.24, 2.45) is 0 Å². The molecule has 0 aromatic heterocycles. The lowest BCUT2D eigenvalue weighted by Crippen LogP contribution is -2.47. The molecule has 2 amide bonds. The van der Waals surface area contributed by atoms with Crippen molar-refractivity contribution in [2.45, 2.75) is 31.6 Å². The van der Waals surface area contributed by atoms with Gasteiger partial charge in [0, 0.05) is 44.0 Å². The minimum absolute atomic E-state index is 0.0153. The maximum atomic E-state index is 12.8. The van der Waals surface area contributed by atoms with Crippen LogP contribution in [0.5, 0.6) is 0 Å². The largest absolute Gasteiger partial charge is 0.379 e. The van der Waals surface area contributed by atoms with Gasteiger partial charge in [0.05, 0.1) is 18.6 Å². The number of fused-ring (bicyclic) bond motifs is 1. The number of amides is 2. The van der Waals surface area contributed by atoms with Crippen molar-refractivity contribution in [3.05, 3.63) is 29.3 Å². The smallest absolute Gasteiger partial charge is 0.253 e. The van der Waals surface area contributed by atoms with Crippen LogP contribution in [0.3, 0.4) is 0 Å². The number of nitrogens with zero attached hydrogens (tertiary/aromatic N) is 2. The predicted octanol–water partition coefficient (Wildman–Crippen LogP) is 1.85. The maximum Gasteiger partial charge on any atom is 0.253 e. The first-order chi connectivity index (χ1) is 12.6. The highest BCUT2D eigenvalue weighted by molar-refractivity contribution is 6.07. The number of piperidine rings is 1. The number of carbonyl (C=O) groups excluding carboxylic acids is 2. The van der Waals surface area contributed by atoms with E-state index < -0.39 is 5.41 Å². The molecule has 0 aliphatic carbocycles. The number of hydrogen-bond acceptors (Lipinski definition) is 4. The Morgan fingerprint density at radius 3 is 2.62 bits per heavy atom. The molecule has 3 heterocycles. The van der Waals surface area contributed by atoms with Crippen molar-refractivity contribution in [2.75, 3.05) is 51.3 Å². The van der Waals surface area contributed by atoms with Gasteiger partial charge in [-0.2, -0.15) is 0 Å². The second-order valence-electron chi connectivity index (χ2n) is 7.79. The third kappa shape index (κ3) is 3.12. The van der Waals surface area contributed by atoms with E-state index in [1.54, 1.807) is 0 Å². The molecule has 0 saturated carbocycles. The summed E-state index contributed by atoms with van der Waals surface area (Å²) in [4.78, 5) is 29.7. The average Bonchev–Trinajstić information content (AvgIpc) is 2.92. The molecular formula is C20H27N3O3. The molecule has 6 nitrogen and oxygen atoms in total. The molecular weight excluding hydrogens is 330 g/mol. The molecule has 0 spiro atoms. The quantitative estimate of drug-likeness (QED) is 0.897. The summed E-state index contributed by atoms with van der Waals surface area (Å²) >= 11 is 0. The molecule has 1 N–H and O–H groups in total. The van der Waals surface area contributed by atoms with Crippen molar-refractivity contribution in [1.82, 2.24) is 9.80 Å². The summed E-state index contributed by atoms with van der Waals surface area (Å²) < 4.78 is 5.41. The average molecular weight is 357 g/mol. The summed E-state index contributed by atoms with van der Waals surface area (Å²) in [5, 5.41) is 3.01. The van der Waals surface area contributed by atoms with E-state index in [4.69, 9.17) is 4.74 Å². The Kier molecular flexibility index (Phi) is 4.71. The molecule has 1 atom stereocenters. The third-order valence-corrected chi connectivity index (χ3v) is 5.90. The third-order valence-electron chi connectivity index (χ3n) is 5.90. The molecule has 140 valence electrons. The van der Waals surface area contributed by atoms with Crippen LogP contribution in [0.25, 0.3) is 0 Å². The molecule has 1 unspecified atom stereocenters. The molecule has 2 saturated heterocycles. The molecule has 2 fully saturated rings. The van der Waals surface area contributed by atoms with E-state index in [9.17, 15) is 9.59 Å². The van der Waals surface area contributed by atoms with Gasteiger partial charge in [0.25, 0.3) is 5.91 Å². The van der Waals surface area contributed by atoms with E-state index in [0.29, 0.717) is 25.3 Å². The van der Waals surface area contributed by atoms with Gasteiger partial charge in [0.15, 0.2) is 0 Å². The Labute approximate surface area is 154 Å². The molecule has 0 bridgehead atoms. The van der Waals surface area contributed by atoms with E-state index in [1.807, 2.05) is 30.0 Å². The van der Waals surface area contributed by atoms with Gasteiger partial charge in [0.2, 0.25) is 5.91 Å². The van der Waals surface area contributed by atoms with Crippen LogP contribution in [-0.2, 0) is 14.9 Å². The first-order valence-electron chi connectivity index (χ1n) is 9.63. The Morgan fingerprint density at radius 2 is 1.88 bits per heavy atom. The lowest BCUT2D eigenvalue weighted by atomic mass is 9.82. The van der Waals surface area contributed by atoms with Crippen LogP contribution in [-0.4, -0.2) is 67.6 Å². The highest BCUT2D eigenvalue weighted by atomic mass is 16.5. The first-order valence-corrected chi connectivity index (χ1v) is 9.63. The number of hydrogen-bond donors (Lipinski definition) is 1. The van der Waals surface area contributed by atoms with E-state index in [1.165, 1.54) is 6.42 Å². The van der Waals surface area contributed by atoms with Crippen LogP contribution in [0.1, 0.15) is 42.1 Å².